The van der Waals surface area contributed by atoms with Gasteiger partial charge in [0, 0.05) is 11.6 Å². The number of aryl methyl sites for hydroxylation is 1. The minimum Gasteiger partial charge on any atom is -0.360 e. The zero-order valence-corrected chi connectivity index (χ0v) is 13.3. The normalized spacial score (nSPS) is 11.5. The van der Waals surface area contributed by atoms with E-state index in [0.717, 1.165) is 18.2 Å². The highest BCUT2D eigenvalue weighted by Gasteiger charge is 2.17. The van der Waals surface area contributed by atoms with Crippen molar-refractivity contribution in [3.63, 3.8) is 0 Å². The second-order valence-corrected chi connectivity index (χ2v) is 6.76. The van der Waals surface area contributed by atoms with E-state index in [4.69, 9.17) is 4.52 Å². The van der Waals surface area contributed by atoms with Crippen LogP contribution in [0.15, 0.2) is 57.9 Å². The number of rotatable bonds is 4. The van der Waals surface area contributed by atoms with Gasteiger partial charge in [0.1, 0.15) is 17.4 Å². The van der Waals surface area contributed by atoms with Crippen molar-refractivity contribution in [1.82, 2.24) is 5.16 Å². The van der Waals surface area contributed by atoms with Crippen LogP contribution in [0, 0.1) is 18.6 Å². The minimum atomic E-state index is -3.86. The molecule has 1 aromatic heterocycles. The SMILES string of the molecule is Cc1cc(NS(=O)(=O)c2ccc(-c3cc(F)ccc3F)cc2)no1. The van der Waals surface area contributed by atoms with Crippen molar-refractivity contribution in [2.24, 2.45) is 0 Å². The predicted octanol–water partition coefficient (Wildman–Crippen LogP) is 3.73. The van der Waals surface area contributed by atoms with Gasteiger partial charge >= 0.3 is 0 Å². The second kappa shape index (κ2) is 6.04. The van der Waals surface area contributed by atoms with E-state index in [1.54, 1.807) is 6.92 Å². The van der Waals surface area contributed by atoms with Crippen LogP contribution in [0.2, 0.25) is 0 Å². The van der Waals surface area contributed by atoms with Crippen LogP contribution in [0.3, 0.4) is 0 Å². The number of hydrogen-bond acceptors (Lipinski definition) is 4. The quantitative estimate of drug-likeness (QED) is 0.778. The Kier molecular flexibility index (Phi) is 4.06. The van der Waals surface area contributed by atoms with Crippen LogP contribution < -0.4 is 4.72 Å². The van der Waals surface area contributed by atoms with Gasteiger partial charge in [0.15, 0.2) is 5.82 Å². The lowest BCUT2D eigenvalue weighted by atomic mass is 10.1. The summed E-state index contributed by atoms with van der Waals surface area (Å²) in [5, 5.41) is 3.56. The number of aromatic nitrogens is 1. The standard InChI is InChI=1S/C16H12F2N2O3S/c1-10-8-16(19-23-10)20-24(21,22)13-5-2-11(3-6-13)14-9-12(17)4-7-15(14)18/h2-9H,1H3,(H,19,20). The molecule has 3 rings (SSSR count). The van der Waals surface area contributed by atoms with Crippen molar-refractivity contribution in [1.29, 1.82) is 0 Å². The molecular formula is C16H12F2N2O3S. The van der Waals surface area contributed by atoms with Gasteiger partial charge in [-0.15, -0.1) is 0 Å². The number of anilines is 1. The summed E-state index contributed by atoms with van der Waals surface area (Å²) in [6.07, 6.45) is 0. The van der Waals surface area contributed by atoms with E-state index < -0.39 is 21.7 Å². The summed E-state index contributed by atoms with van der Waals surface area (Å²) in [6.45, 7) is 1.63. The van der Waals surface area contributed by atoms with Gasteiger partial charge in [0.05, 0.1) is 4.90 Å². The molecule has 0 bridgehead atoms. The predicted molar refractivity (Wildman–Crippen MR) is 83.8 cm³/mol. The van der Waals surface area contributed by atoms with Gasteiger partial charge in [-0.3, -0.25) is 4.72 Å². The van der Waals surface area contributed by atoms with Crippen molar-refractivity contribution >= 4 is 15.8 Å². The number of nitrogens with zero attached hydrogens (tertiary/aromatic N) is 1. The van der Waals surface area contributed by atoms with Gasteiger partial charge in [-0.1, -0.05) is 17.3 Å². The summed E-state index contributed by atoms with van der Waals surface area (Å²) in [5.41, 5.74) is 0.419. The van der Waals surface area contributed by atoms with E-state index in [2.05, 4.69) is 9.88 Å². The van der Waals surface area contributed by atoms with Gasteiger partial charge < -0.3 is 4.52 Å². The summed E-state index contributed by atoms with van der Waals surface area (Å²) in [6, 6.07) is 9.93. The second-order valence-electron chi connectivity index (χ2n) is 5.08. The van der Waals surface area contributed by atoms with Gasteiger partial charge in [0.25, 0.3) is 10.0 Å². The molecule has 0 radical (unpaired) electrons. The van der Waals surface area contributed by atoms with Gasteiger partial charge in [0.2, 0.25) is 0 Å². The molecule has 0 amide bonds. The van der Waals surface area contributed by atoms with Crippen molar-refractivity contribution in [2.45, 2.75) is 11.8 Å². The molecule has 0 atom stereocenters. The monoisotopic (exact) mass is 350 g/mol. The van der Waals surface area contributed by atoms with Crippen molar-refractivity contribution in [2.75, 3.05) is 4.72 Å². The van der Waals surface area contributed by atoms with Crippen LogP contribution >= 0.6 is 0 Å². The van der Waals surface area contributed by atoms with Crippen LogP contribution in [-0.2, 0) is 10.0 Å². The smallest absolute Gasteiger partial charge is 0.263 e. The third-order valence-corrected chi connectivity index (χ3v) is 4.64. The first kappa shape index (κ1) is 16.1. The molecule has 1 heterocycles. The molecule has 0 spiro atoms. The van der Waals surface area contributed by atoms with Crippen molar-refractivity contribution < 1.29 is 21.7 Å². The average molecular weight is 350 g/mol. The molecule has 0 unspecified atom stereocenters. The molecule has 0 saturated heterocycles. The van der Waals surface area contributed by atoms with E-state index >= 15 is 0 Å². The fraction of sp³-hybridized carbons (Fsp3) is 0.0625. The first-order valence-electron chi connectivity index (χ1n) is 6.87. The van der Waals surface area contributed by atoms with Crippen LogP contribution in [0.5, 0.6) is 0 Å². The molecule has 0 aliphatic heterocycles. The zero-order valence-electron chi connectivity index (χ0n) is 12.5. The highest BCUT2D eigenvalue weighted by atomic mass is 32.2. The molecule has 1 N–H and O–H groups in total. The van der Waals surface area contributed by atoms with Crippen LogP contribution in [0.1, 0.15) is 5.76 Å². The lowest BCUT2D eigenvalue weighted by Crippen LogP contribution is -2.13. The highest BCUT2D eigenvalue weighted by molar-refractivity contribution is 7.92. The number of hydrogen-bond donors (Lipinski definition) is 1. The molecule has 3 aromatic rings. The molecule has 0 aliphatic carbocycles. The van der Waals surface area contributed by atoms with E-state index in [0.29, 0.717) is 11.3 Å². The zero-order chi connectivity index (χ0) is 17.3. The van der Waals surface area contributed by atoms with Crippen LogP contribution in [0.4, 0.5) is 14.6 Å². The van der Waals surface area contributed by atoms with E-state index in [9.17, 15) is 17.2 Å². The molecular weight excluding hydrogens is 338 g/mol. The van der Waals surface area contributed by atoms with Crippen LogP contribution in [0.25, 0.3) is 11.1 Å². The summed E-state index contributed by atoms with van der Waals surface area (Å²) in [7, 11) is -3.86. The van der Waals surface area contributed by atoms with Crippen molar-refractivity contribution in [3.05, 3.63) is 65.9 Å². The molecule has 0 saturated carbocycles. The average Bonchev–Trinajstić information content (AvgIpc) is 2.94. The fourth-order valence-corrected chi connectivity index (χ4v) is 3.13. The lowest BCUT2D eigenvalue weighted by Gasteiger charge is -2.07. The third-order valence-electron chi connectivity index (χ3n) is 3.27. The summed E-state index contributed by atoms with van der Waals surface area (Å²) in [5.74, 6) is -0.647. The minimum absolute atomic E-state index is 0.0382. The Morgan fingerprint density at radius 2 is 1.75 bits per heavy atom. The summed E-state index contributed by atoms with van der Waals surface area (Å²) in [4.78, 5) is -0.0382. The Hall–Kier alpha value is -2.74. The Morgan fingerprint density at radius 1 is 1.04 bits per heavy atom. The van der Waals surface area contributed by atoms with Crippen LogP contribution in [-0.4, -0.2) is 13.6 Å². The summed E-state index contributed by atoms with van der Waals surface area (Å²) < 4.78 is 58.6. The maximum absolute atomic E-state index is 13.8. The molecule has 5 nitrogen and oxygen atoms in total. The lowest BCUT2D eigenvalue weighted by molar-refractivity contribution is 0.400. The van der Waals surface area contributed by atoms with Gasteiger partial charge in [-0.2, -0.15) is 0 Å². The molecule has 124 valence electrons. The van der Waals surface area contributed by atoms with E-state index in [-0.39, 0.29) is 16.3 Å². The number of sulfonamides is 1. The first-order valence-corrected chi connectivity index (χ1v) is 8.35. The Bertz CT molecular complexity index is 983. The first-order chi connectivity index (χ1) is 11.3. The molecule has 0 fully saturated rings. The van der Waals surface area contributed by atoms with E-state index in [1.807, 2.05) is 0 Å². The highest BCUT2D eigenvalue weighted by Crippen LogP contribution is 2.25. The number of halogens is 2. The Morgan fingerprint density at radius 3 is 2.38 bits per heavy atom. The molecule has 2 aromatic carbocycles. The molecule has 0 aliphatic rings. The molecule has 8 heteroatoms. The van der Waals surface area contributed by atoms with Gasteiger partial charge in [-0.05, 0) is 42.8 Å². The summed E-state index contributed by atoms with van der Waals surface area (Å²) >= 11 is 0. The largest absolute Gasteiger partial charge is 0.360 e. The maximum atomic E-state index is 13.8. The Balaban J connectivity index is 1.90. The number of benzene rings is 2. The number of nitrogens with one attached hydrogen (secondary N) is 1. The Labute approximate surface area is 137 Å². The molecule has 24 heavy (non-hydrogen) atoms. The van der Waals surface area contributed by atoms with Gasteiger partial charge in [-0.25, -0.2) is 17.2 Å². The van der Waals surface area contributed by atoms with Crippen molar-refractivity contribution in [3.8, 4) is 11.1 Å². The fourth-order valence-electron chi connectivity index (χ4n) is 2.14. The topological polar surface area (TPSA) is 72.2 Å². The maximum Gasteiger partial charge on any atom is 0.263 e. The van der Waals surface area contributed by atoms with E-state index in [1.165, 1.54) is 30.3 Å². The third kappa shape index (κ3) is 3.28.